The second kappa shape index (κ2) is 7.81. The Morgan fingerprint density at radius 1 is 1.33 bits per heavy atom. The third kappa shape index (κ3) is 3.84. The van der Waals surface area contributed by atoms with Crippen LogP contribution in [0.15, 0.2) is 24.3 Å². The minimum atomic E-state index is -0.836. The average Bonchev–Trinajstić information content (AvgIpc) is 2.62. The normalized spacial score (nSPS) is 17.2. The number of amides is 2. The number of benzene rings is 1. The fourth-order valence-corrected chi connectivity index (χ4v) is 2.61. The maximum atomic E-state index is 12.8. The highest BCUT2D eigenvalue weighted by Gasteiger charge is 2.35. The van der Waals surface area contributed by atoms with Crippen molar-refractivity contribution >= 4 is 23.5 Å². The quantitative estimate of drug-likeness (QED) is 0.800. The van der Waals surface area contributed by atoms with E-state index >= 15 is 0 Å². The van der Waals surface area contributed by atoms with E-state index in [1.807, 2.05) is 26.1 Å². The molecule has 1 saturated heterocycles. The summed E-state index contributed by atoms with van der Waals surface area (Å²) in [5.41, 5.74) is 1.50. The van der Waals surface area contributed by atoms with Crippen LogP contribution in [0.4, 0.5) is 5.69 Å². The van der Waals surface area contributed by atoms with Gasteiger partial charge in [-0.05, 0) is 31.2 Å². The first-order valence-corrected chi connectivity index (χ1v) is 7.94. The summed E-state index contributed by atoms with van der Waals surface area (Å²) in [4.78, 5) is 39.8. The van der Waals surface area contributed by atoms with Crippen molar-refractivity contribution in [3.8, 4) is 0 Å². The Hall–Kier alpha value is -2.57. The topological polar surface area (TPSA) is 79.0 Å². The highest BCUT2D eigenvalue weighted by molar-refractivity contribution is 5.99. The zero-order valence-electron chi connectivity index (χ0n) is 14.2. The predicted octanol–water partition coefficient (Wildman–Crippen LogP) is 0.646. The molecule has 1 N–H and O–H groups in total. The number of nitrogens with zero attached hydrogens (tertiary/aromatic N) is 2. The molecular weight excluding hydrogens is 310 g/mol. The van der Waals surface area contributed by atoms with Crippen LogP contribution in [0.1, 0.15) is 23.7 Å². The summed E-state index contributed by atoms with van der Waals surface area (Å²) in [5, 5.41) is 2.68. The first-order valence-electron chi connectivity index (χ1n) is 7.94. The van der Waals surface area contributed by atoms with E-state index in [9.17, 15) is 14.4 Å². The number of carbonyl (C=O) groups excluding carboxylic acids is 3. The summed E-state index contributed by atoms with van der Waals surface area (Å²) >= 11 is 0. The smallest absolute Gasteiger partial charge is 0.308 e. The number of anilines is 1. The summed E-state index contributed by atoms with van der Waals surface area (Å²) in [6, 6.07) is 6.39. The Labute approximate surface area is 141 Å². The van der Waals surface area contributed by atoms with Crippen molar-refractivity contribution in [1.82, 2.24) is 10.2 Å². The van der Waals surface area contributed by atoms with Crippen LogP contribution in [0.2, 0.25) is 0 Å². The van der Waals surface area contributed by atoms with Crippen LogP contribution in [-0.2, 0) is 14.3 Å². The first-order chi connectivity index (χ1) is 11.5. The molecular formula is C17H23N3O4. The molecule has 0 radical (unpaired) electrons. The fraction of sp³-hybridized carbons (Fsp3) is 0.471. The lowest BCUT2D eigenvalue weighted by Crippen LogP contribution is -2.57. The third-order valence-electron chi connectivity index (χ3n) is 4.21. The van der Waals surface area contributed by atoms with Gasteiger partial charge in [-0.2, -0.15) is 0 Å². The van der Waals surface area contributed by atoms with Crippen LogP contribution >= 0.6 is 0 Å². The van der Waals surface area contributed by atoms with Crippen LogP contribution in [0.25, 0.3) is 0 Å². The predicted molar refractivity (Wildman–Crippen MR) is 89.9 cm³/mol. The molecule has 0 spiro atoms. The minimum Gasteiger partial charge on any atom is -0.469 e. The molecule has 0 aromatic heterocycles. The van der Waals surface area contributed by atoms with Crippen molar-refractivity contribution in [3.05, 3.63) is 29.8 Å². The Bertz CT molecular complexity index is 615. The molecule has 24 heavy (non-hydrogen) atoms. The molecule has 7 heteroatoms. The number of hydrogen-bond donors (Lipinski definition) is 1. The Morgan fingerprint density at radius 2 is 2.00 bits per heavy atom. The van der Waals surface area contributed by atoms with Crippen LogP contribution in [-0.4, -0.2) is 62.5 Å². The van der Waals surface area contributed by atoms with Gasteiger partial charge in [0.05, 0.1) is 13.5 Å². The lowest BCUT2D eigenvalue weighted by atomic mass is 10.1. The molecule has 2 rings (SSSR count). The monoisotopic (exact) mass is 333 g/mol. The number of rotatable bonds is 5. The first kappa shape index (κ1) is 17.8. The number of piperazine rings is 1. The summed E-state index contributed by atoms with van der Waals surface area (Å²) in [6.45, 7) is 3.64. The second-order valence-electron chi connectivity index (χ2n) is 5.65. The Morgan fingerprint density at radius 3 is 2.58 bits per heavy atom. The zero-order chi connectivity index (χ0) is 17.7. The van der Waals surface area contributed by atoms with Gasteiger partial charge in [0.25, 0.3) is 5.91 Å². The molecule has 1 aromatic rings. The van der Waals surface area contributed by atoms with Crippen LogP contribution in [0.3, 0.4) is 0 Å². The van der Waals surface area contributed by atoms with E-state index in [1.54, 1.807) is 12.1 Å². The fourth-order valence-electron chi connectivity index (χ4n) is 2.61. The van der Waals surface area contributed by atoms with Gasteiger partial charge in [0, 0.05) is 37.9 Å². The van der Waals surface area contributed by atoms with E-state index in [-0.39, 0.29) is 18.2 Å². The van der Waals surface area contributed by atoms with Crippen LogP contribution in [0.5, 0.6) is 0 Å². The summed E-state index contributed by atoms with van der Waals surface area (Å²) < 4.78 is 4.63. The van der Waals surface area contributed by atoms with Gasteiger partial charge < -0.3 is 19.9 Å². The van der Waals surface area contributed by atoms with Crippen molar-refractivity contribution in [2.75, 3.05) is 38.7 Å². The van der Waals surface area contributed by atoms with Crippen molar-refractivity contribution in [1.29, 1.82) is 0 Å². The van der Waals surface area contributed by atoms with E-state index < -0.39 is 12.0 Å². The molecule has 0 saturated carbocycles. The van der Waals surface area contributed by atoms with E-state index in [1.165, 1.54) is 12.0 Å². The van der Waals surface area contributed by atoms with Gasteiger partial charge in [-0.25, -0.2) is 0 Å². The SMILES string of the molecule is CCN(C)c1ccc(C(=O)N2CCNC(=O)[C@H]2CC(=O)OC)cc1. The molecule has 0 bridgehead atoms. The van der Waals surface area contributed by atoms with Crippen LogP contribution in [0, 0.1) is 0 Å². The van der Waals surface area contributed by atoms with Gasteiger partial charge in [-0.3, -0.25) is 14.4 Å². The van der Waals surface area contributed by atoms with Gasteiger partial charge in [0.1, 0.15) is 6.04 Å². The lowest BCUT2D eigenvalue weighted by molar-refractivity contribution is -0.145. The summed E-state index contributed by atoms with van der Waals surface area (Å²) in [7, 11) is 3.23. The highest BCUT2D eigenvalue weighted by atomic mass is 16.5. The molecule has 1 aliphatic heterocycles. The number of carbonyl (C=O) groups is 3. The van der Waals surface area contributed by atoms with E-state index in [4.69, 9.17) is 0 Å². The largest absolute Gasteiger partial charge is 0.469 e. The number of methoxy groups -OCH3 is 1. The van der Waals surface area contributed by atoms with E-state index in [0.29, 0.717) is 18.7 Å². The van der Waals surface area contributed by atoms with E-state index in [0.717, 1.165) is 12.2 Å². The van der Waals surface area contributed by atoms with Gasteiger partial charge in [-0.15, -0.1) is 0 Å². The zero-order valence-corrected chi connectivity index (χ0v) is 14.2. The molecule has 130 valence electrons. The maximum absolute atomic E-state index is 12.8. The van der Waals surface area contributed by atoms with Gasteiger partial charge in [0.15, 0.2) is 0 Å². The van der Waals surface area contributed by atoms with Crippen molar-refractivity contribution in [3.63, 3.8) is 0 Å². The molecule has 1 aliphatic rings. The molecule has 2 amide bonds. The van der Waals surface area contributed by atoms with Crippen LogP contribution < -0.4 is 10.2 Å². The molecule has 0 unspecified atom stereocenters. The number of esters is 1. The lowest BCUT2D eigenvalue weighted by Gasteiger charge is -2.34. The standard InChI is InChI=1S/C17H23N3O4/c1-4-19(2)13-7-5-12(6-8-13)17(23)20-10-9-18-16(22)14(20)11-15(21)24-3/h5-8,14H,4,9-11H2,1-3H3,(H,18,22)/t14-/m1/s1. The average molecular weight is 333 g/mol. The van der Waals surface area contributed by atoms with Gasteiger partial charge in [0.2, 0.25) is 5.91 Å². The number of nitrogens with one attached hydrogen (secondary N) is 1. The second-order valence-corrected chi connectivity index (χ2v) is 5.65. The molecule has 1 heterocycles. The minimum absolute atomic E-state index is 0.148. The molecule has 7 nitrogen and oxygen atoms in total. The van der Waals surface area contributed by atoms with Crippen molar-refractivity contribution in [2.24, 2.45) is 0 Å². The van der Waals surface area contributed by atoms with Crippen molar-refractivity contribution < 1.29 is 19.1 Å². The van der Waals surface area contributed by atoms with E-state index in [2.05, 4.69) is 15.0 Å². The Balaban J connectivity index is 2.19. The molecule has 1 fully saturated rings. The summed E-state index contributed by atoms with van der Waals surface area (Å²) in [6.07, 6.45) is -0.148. The molecule has 0 aliphatic carbocycles. The third-order valence-corrected chi connectivity index (χ3v) is 4.21. The summed E-state index contributed by atoms with van der Waals surface area (Å²) in [5.74, 6) is -1.11. The number of hydrogen-bond acceptors (Lipinski definition) is 5. The highest BCUT2D eigenvalue weighted by Crippen LogP contribution is 2.18. The van der Waals surface area contributed by atoms with Crippen molar-refractivity contribution in [2.45, 2.75) is 19.4 Å². The van der Waals surface area contributed by atoms with Gasteiger partial charge in [-0.1, -0.05) is 0 Å². The molecule has 1 aromatic carbocycles. The Kier molecular flexibility index (Phi) is 5.78. The number of ether oxygens (including phenoxy) is 1. The maximum Gasteiger partial charge on any atom is 0.308 e. The molecule has 1 atom stereocenters. The van der Waals surface area contributed by atoms with Gasteiger partial charge >= 0.3 is 5.97 Å².